The largest absolute Gasteiger partial charge is 0.497 e. The number of hydrogen-bond acceptors (Lipinski definition) is 5. The lowest BCUT2D eigenvalue weighted by molar-refractivity contribution is -0.117. The van der Waals surface area contributed by atoms with Crippen molar-refractivity contribution in [3.05, 3.63) is 71.6 Å². The molecule has 1 amide bonds. The highest BCUT2D eigenvalue weighted by Crippen LogP contribution is 2.19. The molecule has 0 spiro atoms. The number of carbonyl (C=O) groups is 1. The normalized spacial score (nSPS) is 11.3. The van der Waals surface area contributed by atoms with Gasteiger partial charge < -0.3 is 14.6 Å². The Balaban J connectivity index is 1.63. The highest BCUT2D eigenvalue weighted by Gasteiger charge is 2.12. The lowest BCUT2D eigenvalue weighted by atomic mass is 10.1. The number of ether oxygens (including phenoxy) is 1. The van der Waals surface area contributed by atoms with Crippen molar-refractivity contribution in [1.29, 1.82) is 0 Å². The summed E-state index contributed by atoms with van der Waals surface area (Å²) in [6.07, 6.45) is 2.51. The molecule has 0 fully saturated rings. The van der Waals surface area contributed by atoms with Crippen molar-refractivity contribution in [2.24, 2.45) is 0 Å². The Kier molecular flexibility index (Phi) is 5.99. The fourth-order valence-electron chi connectivity index (χ4n) is 2.53. The molecule has 138 valence electrons. The van der Waals surface area contributed by atoms with Gasteiger partial charge in [-0.25, -0.2) is 0 Å². The van der Waals surface area contributed by atoms with E-state index in [0.717, 1.165) is 16.9 Å². The number of rotatable bonds is 7. The molecule has 3 rings (SSSR count). The van der Waals surface area contributed by atoms with E-state index in [0.29, 0.717) is 23.7 Å². The molecule has 0 saturated carbocycles. The standard InChI is InChI=1S/C21H21N3O3/c1-3-16(13-15-7-5-4-6-8-15)21(25)22-14-19-23-20(24-27-19)17-9-11-18(26-2)12-10-17/h4-13H,3,14H2,1-2H3,(H,22,25)/b16-13+. The molecule has 0 radical (unpaired) electrons. The van der Waals surface area contributed by atoms with Crippen LogP contribution in [-0.2, 0) is 11.3 Å². The van der Waals surface area contributed by atoms with Crippen LogP contribution in [0.4, 0.5) is 0 Å². The number of benzene rings is 2. The van der Waals surface area contributed by atoms with E-state index in [4.69, 9.17) is 9.26 Å². The van der Waals surface area contributed by atoms with Gasteiger partial charge in [0.05, 0.1) is 13.7 Å². The highest BCUT2D eigenvalue weighted by molar-refractivity contribution is 5.97. The van der Waals surface area contributed by atoms with Crippen LogP contribution in [0.3, 0.4) is 0 Å². The van der Waals surface area contributed by atoms with Gasteiger partial charge in [-0.3, -0.25) is 4.79 Å². The minimum absolute atomic E-state index is 0.148. The third kappa shape index (κ3) is 4.82. The third-order valence-corrected chi connectivity index (χ3v) is 4.03. The van der Waals surface area contributed by atoms with Crippen LogP contribution >= 0.6 is 0 Å². The van der Waals surface area contributed by atoms with Gasteiger partial charge >= 0.3 is 0 Å². The van der Waals surface area contributed by atoms with Crippen LogP contribution in [0.15, 0.2) is 64.7 Å². The number of carbonyl (C=O) groups excluding carboxylic acids is 1. The molecule has 0 saturated heterocycles. The van der Waals surface area contributed by atoms with Crippen molar-refractivity contribution in [3.8, 4) is 17.1 Å². The van der Waals surface area contributed by atoms with E-state index >= 15 is 0 Å². The molecule has 1 heterocycles. The molecule has 1 aromatic heterocycles. The molecule has 0 aliphatic carbocycles. The van der Waals surface area contributed by atoms with E-state index in [1.807, 2.05) is 67.6 Å². The lowest BCUT2D eigenvalue weighted by Gasteiger charge is -2.05. The van der Waals surface area contributed by atoms with E-state index in [1.165, 1.54) is 0 Å². The number of methoxy groups -OCH3 is 1. The first kappa shape index (κ1) is 18.4. The van der Waals surface area contributed by atoms with Gasteiger partial charge in [0, 0.05) is 11.1 Å². The Morgan fingerprint density at radius 1 is 1.15 bits per heavy atom. The number of nitrogens with zero attached hydrogens (tertiary/aromatic N) is 2. The molecular formula is C21H21N3O3. The first-order chi connectivity index (χ1) is 13.2. The van der Waals surface area contributed by atoms with Crippen LogP contribution < -0.4 is 10.1 Å². The number of hydrogen-bond donors (Lipinski definition) is 1. The third-order valence-electron chi connectivity index (χ3n) is 4.03. The molecule has 0 aliphatic heterocycles. The second kappa shape index (κ2) is 8.80. The quantitative estimate of drug-likeness (QED) is 0.645. The highest BCUT2D eigenvalue weighted by atomic mass is 16.5. The predicted octanol–water partition coefficient (Wildman–Crippen LogP) is 3.86. The van der Waals surface area contributed by atoms with Crippen LogP contribution in [0.25, 0.3) is 17.5 Å². The summed E-state index contributed by atoms with van der Waals surface area (Å²) < 4.78 is 10.4. The minimum atomic E-state index is -0.148. The van der Waals surface area contributed by atoms with Crippen molar-refractivity contribution in [2.75, 3.05) is 7.11 Å². The molecule has 0 bridgehead atoms. The summed E-state index contributed by atoms with van der Waals surface area (Å²) in [7, 11) is 1.61. The topological polar surface area (TPSA) is 77.2 Å². The number of nitrogens with one attached hydrogen (secondary N) is 1. The van der Waals surface area contributed by atoms with Crippen LogP contribution in [0.5, 0.6) is 5.75 Å². The molecule has 1 N–H and O–H groups in total. The summed E-state index contributed by atoms with van der Waals surface area (Å²) in [4.78, 5) is 16.7. The second-order valence-corrected chi connectivity index (χ2v) is 5.86. The second-order valence-electron chi connectivity index (χ2n) is 5.86. The zero-order valence-electron chi connectivity index (χ0n) is 15.3. The maximum absolute atomic E-state index is 12.4. The smallest absolute Gasteiger partial charge is 0.247 e. The summed E-state index contributed by atoms with van der Waals surface area (Å²) in [5, 5.41) is 6.79. The van der Waals surface area contributed by atoms with Gasteiger partial charge in [0.2, 0.25) is 17.6 Å². The Labute approximate surface area is 157 Å². The Morgan fingerprint density at radius 3 is 2.56 bits per heavy atom. The summed E-state index contributed by atoms with van der Waals surface area (Å²) in [5.41, 5.74) is 2.50. The zero-order chi connectivity index (χ0) is 19.1. The van der Waals surface area contributed by atoms with Crippen LogP contribution in [-0.4, -0.2) is 23.2 Å². The van der Waals surface area contributed by atoms with Crippen molar-refractivity contribution < 1.29 is 14.1 Å². The van der Waals surface area contributed by atoms with E-state index in [9.17, 15) is 4.79 Å². The molecule has 0 unspecified atom stereocenters. The van der Waals surface area contributed by atoms with E-state index < -0.39 is 0 Å². The maximum atomic E-state index is 12.4. The van der Waals surface area contributed by atoms with E-state index in [2.05, 4.69) is 15.5 Å². The molecule has 2 aromatic carbocycles. The molecule has 27 heavy (non-hydrogen) atoms. The first-order valence-electron chi connectivity index (χ1n) is 8.70. The molecule has 0 atom stereocenters. The van der Waals surface area contributed by atoms with Gasteiger partial charge in [-0.15, -0.1) is 0 Å². The van der Waals surface area contributed by atoms with Crippen molar-refractivity contribution in [3.63, 3.8) is 0 Å². The van der Waals surface area contributed by atoms with Gasteiger partial charge in [-0.1, -0.05) is 42.4 Å². The fourth-order valence-corrected chi connectivity index (χ4v) is 2.53. The summed E-state index contributed by atoms with van der Waals surface area (Å²) >= 11 is 0. The maximum Gasteiger partial charge on any atom is 0.247 e. The molecular weight excluding hydrogens is 342 g/mol. The Bertz CT molecular complexity index is 915. The Hall–Kier alpha value is -3.41. The van der Waals surface area contributed by atoms with Crippen LogP contribution in [0, 0.1) is 0 Å². The molecule has 6 nitrogen and oxygen atoms in total. The van der Waals surface area contributed by atoms with E-state index in [-0.39, 0.29) is 12.5 Å². The molecule has 6 heteroatoms. The van der Waals surface area contributed by atoms with Crippen LogP contribution in [0.2, 0.25) is 0 Å². The monoisotopic (exact) mass is 363 g/mol. The first-order valence-corrected chi connectivity index (χ1v) is 8.70. The predicted molar refractivity (Wildman–Crippen MR) is 103 cm³/mol. The SMILES string of the molecule is CC/C(=C\c1ccccc1)C(=O)NCc1nc(-c2ccc(OC)cc2)no1. The number of amides is 1. The van der Waals surface area contributed by atoms with Crippen molar-refractivity contribution in [2.45, 2.75) is 19.9 Å². The zero-order valence-corrected chi connectivity index (χ0v) is 15.3. The molecule has 0 aliphatic rings. The number of aromatic nitrogens is 2. The minimum Gasteiger partial charge on any atom is -0.497 e. The summed E-state index contributed by atoms with van der Waals surface area (Å²) in [6.45, 7) is 2.12. The average molecular weight is 363 g/mol. The molecule has 3 aromatic rings. The fraction of sp³-hybridized carbons (Fsp3) is 0.190. The average Bonchev–Trinajstić information content (AvgIpc) is 3.20. The van der Waals surface area contributed by atoms with Crippen molar-refractivity contribution in [1.82, 2.24) is 15.5 Å². The Morgan fingerprint density at radius 2 is 1.89 bits per heavy atom. The van der Waals surface area contributed by atoms with Gasteiger partial charge in [0.15, 0.2) is 0 Å². The van der Waals surface area contributed by atoms with Gasteiger partial charge in [0.25, 0.3) is 0 Å². The van der Waals surface area contributed by atoms with E-state index in [1.54, 1.807) is 7.11 Å². The van der Waals surface area contributed by atoms with Crippen molar-refractivity contribution >= 4 is 12.0 Å². The van der Waals surface area contributed by atoms with Gasteiger partial charge in [0.1, 0.15) is 5.75 Å². The summed E-state index contributed by atoms with van der Waals surface area (Å²) in [5.74, 6) is 1.43. The van der Waals surface area contributed by atoms with Crippen LogP contribution in [0.1, 0.15) is 24.8 Å². The van der Waals surface area contributed by atoms with Gasteiger partial charge in [-0.05, 0) is 42.3 Å². The lowest BCUT2D eigenvalue weighted by Crippen LogP contribution is -2.24. The summed E-state index contributed by atoms with van der Waals surface area (Å²) in [6, 6.07) is 17.1. The van der Waals surface area contributed by atoms with Gasteiger partial charge in [-0.2, -0.15) is 4.98 Å².